The molecule has 2 aromatic rings. The SMILES string of the molecule is CCCC[C@H](/C=C/c1ccccc1)NO[C@H](CC)c1ccccc1. The topological polar surface area (TPSA) is 21.3 Å². The predicted octanol–water partition coefficient (Wildman–Crippen LogP) is 5.93. The van der Waals surface area contributed by atoms with Gasteiger partial charge in [0.2, 0.25) is 0 Å². The predicted molar refractivity (Wildman–Crippen MR) is 102 cm³/mol. The molecule has 0 radical (unpaired) electrons. The third-order valence-corrected chi connectivity index (χ3v) is 4.09. The standard InChI is InChI=1S/C22H29NO/c1-3-5-16-21(18-17-19-12-8-6-9-13-19)23-24-22(4-2)20-14-10-7-11-15-20/h6-15,17-18,21-23H,3-5,16H2,1-2H3/b18-17+/t21-,22-/m1/s1. The lowest BCUT2D eigenvalue weighted by Gasteiger charge is -2.21. The molecule has 0 heterocycles. The van der Waals surface area contributed by atoms with Gasteiger partial charge in [-0.05, 0) is 24.0 Å². The zero-order valence-electron chi connectivity index (χ0n) is 14.8. The van der Waals surface area contributed by atoms with E-state index in [0.29, 0.717) is 0 Å². The number of nitrogens with one attached hydrogen (secondary N) is 1. The maximum atomic E-state index is 6.02. The lowest BCUT2D eigenvalue weighted by atomic mass is 10.1. The quantitative estimate of drug-likeness (QED) is 0.547. The Bertz CT molecular complexity index is 579. The fourth-order valence-corrected chi connectivity index (χ4v) is 2.63. The molecule has 1 N–H and O–H groups in total. The summed E-state index contributed by atoms with van der Waals surface area (Å²) in [7, 11) is 0. The molecule has 24 heavy (non-hydrogen) atoms. The molecule has 2 nitrogen and oxygen atoms in total. The molecule has 2 aromatic carbocycles. The Hall–Kier alpha value is -1.90. The highest BCUT2D eigenvalue weighted by atomic mass is 16.7. The second-order valence-electron chi connectivity index (χ2n) is 6.06. The average Bonchev–Trinajstić information content (AvgIpc) is 2.65. The minimum absolute atomic E-state index is 0.0838. The summed E-state index contributed by atoms with van der Waals surface area (Å²) in [6.07, 6.45) is 8.85. The number of hydrogen-bond acceptors (Lipinski definition) is 2. The fourth-order valence-electron chi connectivity index (χ4n) is 2.63. The summed E-state index contributed by atoms with van der Waals surface area (Å²) < 4.78 is 0. The van der Waals surface area contributed by atoms with E-state index < -0.39 is 0 Å². The molecule has 0 saturated heterocycles. The molecule has 0 aliphatic rings. The zero-order valence-corrected chi connectivity index (χ0v) is 14.8. The lowest BCUT2D eigenvalue weighted by Crippen LogP contribution is -2.29. The van der Waals surface area contributed by atoms with Gasteiger partial charge in [-0.25, -0.2) is 0 Å². The molecule has 0 unspecified atom stereocenters. The maximum Gasteiger partial charge on any atom is 0.104 e. The van der Waals surface area contributed by atoms with Crippen LogP contribution in [0.4, 0.5) is 0 Å². The van der Waals surface area contributed by atoms with E-state index >= 15 is 0 Å². The molecule has 2 atom stereocenters. The van der Waals surface area contributed by atoms with Crippen LogP contribution in [0.15, 0.2) is 66.7 Å². The molecule has 0 aliphatic heterocycles. The van der Waals surface area contributed by atoms with E-state index in [2.05, 4.69) is 80.0 Å². The first kappa shape index (κ1) is 18.4. The molecule has 0 spiro atoms. The molecule has 0 aromatic heterocycles. The van der Waals surface area contributed by atoms with E-state index in [4.69, 9.17) is 4.84 Å². The van der Waals surface area contributed by atoms with Crippen LogP contribution in [0.1, 0.15) is 56.8 Å². The minimum atomic E-state index is 0.0838. The van der Waals surface area contributed by atoms with Gasteiger partial charge in [0.1, 0.15) is 6.10 Å². The monoisotopic (exact) mass is 323 g/mol. The molecule has 128 valence electrons. The van der Waals surface area contributed by atoms with Crippen molar-refractivity contribution in [2.45, 2.75) is 51.7 Å². The molecule has 0 aliphatic carbocycles. The van der Waals surface area contributed by atoms with Crippen molar-refractivity contribution in [3.05, 3.63) is 77.9 Å². The summed E-state index contributed by atoms with van der Waals surface area (Å²) in [5.74, 6) is 0. The number of unbranched alkanes of at least 4 members (excludes halogenated alkanes) is 1. The summed E-state index contributed by atoms with van der Waals surface area (Å²) in [6.45, 7) is 4.37. The van der Waals surface area contributed by atoms with Crippen molar-refractivity contribution in [3.63, 3.8) is 0 Å². The highest BCUT2D eigenvalue weighted by Gasteiger charge is 2.12. The summed E-state index contributed by atoms with van der Waals surface area (Å²) in [5.41, 5.74) is 5.72. The van der Waals surface area contributed by atoms with Gasteiger partial charge in [-0.2, -0.15) is 5.48 Å². The van der Waals surface area contributed by atoms with Gasteiger partial charge >= 0.3 is 0 Å². The van der Waals surface area contributed by atoms with Gasteiger partial charge in [-0.1, -0.05) is 99.5 Å². The van der Waals surface area contributed by atoms with Crippen molar-refractivity contribution in [2.75, 3.05) is 0 Å². The molecule has 0 amide bonds. The van der Waals surface area contributed by atoms with Crippen LogP contribution in [0, 0.1) is 0 Å². The lowest BCUT2D eigenvalue weighted by molar-refractivity contribution is -0.0411. The summed E-state index contributed by atoms with van der Waals surface area (Å²) in [4.78, 5) is 6.02. The van der Waals surface area contributed by atoms with Gasteiger partial charge in [0.05, 0.1) is 6.04 Å². The van der Waals surface area contributed by atoms with Crippen molar-refractivity contribution in [1.82, 2.24) is 5.48 Å². The Kier molecular flexibility index (Phi) is 8.29. The van der Waals surface area contributed by atoms with Crippen LogP contribution in [0.5, 0.6) is 0 Å². The van der Waals surface area contributed by atoms with Crippen molar-refractivity contribution in [1.29, 1.82) is 0 Å². The summed E-state index contributed by atoms with van der Waals surface area (Å²) in [5, 5.41) is 0. The number of hydrogen-bond donors (Lipinski definition) is 1. The van der Waals surface area contributed by atoms with Crippen molar-refractivity contribution >= 4 is 6.08 Å². The molecule has 0 bridgehead atoms. The number of hydroxylamine groups is 1. The number of rotatable bonds is 10. The smallest absolute Gasteiger partial charge is 0.104 e. The highest BCUT2D eigenvalue weighted by molar-refractivity contribution is 5.49. The van der Waals surface area contributed by atoms with Crippen molar-refractivity contribution in [3.8, 4) is 0 Å². The summed E-state index contributed by atoms with van der Waals surface area (Å²) in [6, 6.07) is 21.0. The van der Waals surface area contributed by atoms with E-state index in [1.807, 2.05) is 12.1 Å². The second-order valence-corrected chi connectivity index (χ2v) is 6.06. The van der Waals surface area contributed by atoms with Gasteiger partial charge in [-0.3, -0.25) is 4.84 Å². The third kappa shape index (κ3) is 6.31. The average molecular weight is 323 g/mol. The van der Waals surface area contributed by atoms with Crippen LogP contribution in [-0.4, -0.2) is 6.04 Å². The van der Waals surface area contributed by atoms with Crippen LogP contribution >= 0.6 is 0 Å². The zero-order chi connectivity index (χ0) is 17.0. The van der Waals surface area contributed by atoms with Crippen LogP contribution in [0.25, 0.3) is 6.08 Å². The van der Waals surface area contributed by atoms with Crippen LogP contribution in [-0.2, 0) is 4.84 Å². The first-order valence-electron chi connectivity index (χ1n) is 9.02. The molecular formula is C22H29NO. The Morgan fingerprint density at radius 3 is 2.25 bits per heavy atom. The Morgan fingerprint density at radius 1 is 0.958 bits per heavy atom. The second kappa shape index (κ2) is 10.8. The number of benzene rings is 2. The van der Waals surface area contributed by atoms with E-state index in [9.17, 15) is 0 Å². The normalized spacial score (nSPS) is 13.9. The molecule has 0 saturated carbocycles. The first-order chi connectivity index (χ1) is 11.8. The molecule has 2 heteroatoms. The molecule has 0 fully saturated rings. The van der Waals surface area contributed by atoms with Gasteiger partial charge in [0, 0.05) is 0 Å². The van der Waals surface area contributed by atoms with E-state index in [0.717, 1.165) is 12.8 Å². The van der Waals surface area contributed by atoms with Crippen LogP contribution in [0.2, 0.25) is 0 Å². The van der Waals surface area contributed by atoms with E-state index in [1.165, 1.54) is 24.0 Å². The van der Waals surface area contributed by atoms with Crippen LogP contribution in [0.3, 0.4) is 0 Å². The van der Waals surface area contributed by atoms with E-state index in [-0.39, 0.29) is 12.1 Å². The van der Waals surface area contributed by atoms with Gasteiger partial charge in [0.25, 0.3) is 0 Å². The first-order valence-corrected chi connectivity index (χ1v) is 9.02. The molecular weight excluding hydrogens is 294 g/mol. The fraction of sp³-hybridized carbons (Fsp3) is 0.364. The van der Waals surface area contributed by atoms with Gasteiger partial charge < -0.3 is 0 Å². The minimum Gasteiger partial charge on any atom is -0.293 e. The van der Waals surface area contributed by atoms with Gasteiger partial charge in [-0.15, -0.1) is 0 Å². The van der Waals surface area contributed by atoms with E-state index in [1.54, 1.807) is 0 Å². The highest BCUT2D eigenvalue weighted by Crippen LogP contribution is 2.20. The Labute approximate surface area is 146 Å². The largest absolute Gasteiger partial charge is 0.293 e. The summed E-state index contributed by atoms with van der Waals surface area (Å²) >= 11 is 0. The molecule has 2 rings (SSSR count). The third-order valence-electron chi connectivity index (χ3n) is 4.09. The van der Waals surface area contributed by atoms with Crippen molar-refractivity contribution < 1.29 is 4.84 Å². The maximum absolute atomic E-state index is 6.02. The van der Waals surface area contributed by atoms with Crippen LogP contribution < -0.4 is 5.48 Å². The Morgan fingerprint density at radius 2 is 1.62 bits per heavy atom. The Balaban J connectivity index is 1.96. The van der Waals surface area contributed by atoms with Crippen molar-refractivity contribution in [2.24, 2.45) is 0 Å². The van der Waals surface area contributed by atoms with Gasteiger partial charge in [0.15, 0.2) is 0 Å².